The molecule has 1 unspecified atom stereocenters. The van der Waals surface area contributed by atoms with Gasteiger partial charge >= 0.3 is 0 Å². The Morgan fingerprint density at radius 2 is 2.06 bits per heavy atom. The molecule has 1 aliphatic rings. The molecule has 0 aliphatic carbocycles. The average molecular weight is 434 g/mol. The monoisotopic (exact) mass is 434 g/mol. The maximum Gasteiger partial charge on any atom is 0.276 e. The summed E-state index contributed by atoms with van der Waals surface area (Å²) in [6.45, 7) is 4.88. The number of hydrogen-bond donors (Lipinski definition) is 1. The van der Waals surface area contributed by atoms with Crippen LogP contribution >= 0.6 is 0 Å². The summed E-state index contributed by atoms with van der Waals surface area (Å²) in [5.74, 6) is 1.25. The third-order valence-corrected chi connectivity index (χ3v) is 5.40. The Bertz CT molecular complexity index is 1080. The number of amides is 2. The second-order valence-corrected chi connectivity index (χ2v) is 8.14. The smallest absolute Gasteiger partial charge is 0.276 e. The summed E-state index contributed by atoms with van der Waals surface area (Å²) in [7, 11) is 0. The van der Waals surface area contributed by atoms with Gasteiger partial charge in [-0.15, -0.1) is 0 Å². The van der Waals surface area contributed by atoms with Crippen molar-refractivity contribution >= 4 is 17.5 Å². The lowest BCUT2D eigenvalue weighted by Gasteiger charge is -2.31. The van der Waals surface area contributed by atoms with E-state index in [2.05, 4.69) is 15.5 Å². The highest BCUT2D eigenvalue weighted by molar-refractivity contribution is 5.96. The number of carbonyl (C=O) groups is 2. The molecule has 1 N–H and O–H groups in total. The van der Waals surface area contributed by atoms with Gasteiger partial charge in [-0.2, -0.15) is 0 Å². The van der Waals surface area contributed by atoms with Gasteiger partial charge in [0.15, 0.2) is 11.4 Å². The largest absolute Gasteiger partial charge is 0.454 e. The maximum atomic E-state index is 13.0. The molecule has 0 saturated carbocycles. The highest BCUT2D eigenvalue weighted by Gasteiger charge is 2.30. The molecule has 0 radical (unpaired) electrons. The van der Waals surface area contributed by atoms with Gasteiger partial charge in [0.25, 0.3) is 5.91 Å². The van der Waals surface area contributed by atoms with Crippen molar-refractivity contribution in [3.05, 3.63) is 66.3 Å². The van der Waals surface area contributed by atoms with Crippen molar-refractivity contribution in [3.63, 3.8) is 0 Å². The number of nitrogens with one attached hydrogen (secondary N) is 1. The van der Waals surface area contributed by atoms with Crippen LogP contribution in [0.1, 0.15) is 48.9 Å². The Labute approximate surface area is 186 Å². The number of piperidine rings is 1. The van der Waals surface area contributed by atoms with Crippen molar-refractivity contribution in [3.8, 4) is 11.5 Å². The summed E-state index contributed by atoms with van der Waals surface area (Å²) >= 11 is 0. The van der Waals surface area contributed by atoms with Crippen LogP contribution < -0.4 is 10.1 Å². The molecule has 2 aromatic heterocycles. The second kappa shape index (κ2) is 9.64. The van der Waals surface area contributed by atoms with E-state index in [9.17, 15) is 9.59 Å². The van der Waals surface area contributed by atoms with Gasteiger partial charge in [0.05, 0.1) is 17.8 Å². The third kappa shape index (κ3) is 4.96. The standard InChI is InChI=1S/C24H26N4O4/c1-16(2)22-13-20(27-32-22)24(30)28-12-6-7-17(15-28)23(29)26-19-9-3-4-10-21(19)31-18-8-5-11-25-14-18/h3-5,8-11,13-14,16-17H,6-7,12,15H2,1-2H3,(H,26,29). The Hall–Kier alpha value is -3.68. The van der Waals surface area contributed by atoms with Crippen molar-refractivity contribution in [2.45, 2.75) is 32.6 Å². The fourth-order valence-electron chi connectivity index (χ4n) is 3.63. The Morgan fingerprint density at radius 3 is 2.81 bits per heavy atom. The molecule has 2 amide bonds. The van der Waals surface area contributed by atoms with E-state index >= 15 is 0 Å². The Balaban J connectivity index is 1.42. The molecule has 0 bridgehead atoms. The van der Waals surface area contributed by atoms with Crippen LogP contribution in [0.3, 0.4) is 0 Å². The van der Waals surface area contributed by atoms with Crippen LogP contribution in [0.25, 0.3) is 0 Å². The molecule has 1 aromatic carbocycles. The topological polar surface area (TPSA) is 97.6 Å². The zero-order valence-corrected chi connectivity index (χ0v) is 18.2. The first-order valence-corrected chi connectivity index (χ1v) is 10.7. The number of likely N-dealkylation sites (tertiary alicyclic amines) is 1. The number of pyridine rings is 1. The molecule has 8 nitrogen and oxygen atoms in total. The number of hydrogen-bond acceptors (Lipinski definition) is 6. The van der Waals surface area contributed by atoms with Gasteiger partial charge in [-0.1, -0.05) is 31.1 Å². The summed E-state index contributed by atoms with van der Waals surface area (Å²) in [5.41, 5.74) is 0.854. The van der Waals surface area contributed by atoms with E-state index in [0.29, 0.717) is 42.5 Å². The number of aromatic nitrogens is 2. The van der Waals surface area contributed by atoms with E-state index in [1.54, 1.807) is 47.6 Å². The average Bonchev–Trinajstić information content (AvgIpc) is 3.31. The Morgan fingerprint density at radius 1 is 1.22 bits per heavy atom. The highest BCUT2D eigenvalue weighted by Crippen LogP contribution is 2.30. The zero-order valence-electron chi connectivity index (χ0n) is 18.2. The van der Waals surface area contributed by atoms with Crippen LogP contribution in [-0.4, -0.2) is 39.9 Å². The predicted octanol–water partition coefficient (Wildman–Crippen LogP) is 4.48. The Kier molecular flexibility index (Phi) is 6.49. The molecule has 4 rings (SSSR count). The molecule has 3 heterocycles. The van der Waals surface area contributed by atoms with Crippen molar-refractivity contribution < 1.29 is 18.8 Å². The second-order valence-electron chi connectivity index (χ2n) is 8.14. The van der Waals surface area contributed by atoms with Gasteiger partial charge in [-0.05, 0) is 37.1 Å². The fraction of sp³-hybridized carbons (Fsp3) is 0.333. The first kappa shape index (κ1) is 21.5. The van der Waals surface area contributed by atoms with Crippen LogP contribution in [0.2, 0.25) is 0 Å². The molecular formula is C24H26N4O4. The normalized spacial score (nSPS) is 16.1. The van der Waals surface area contributed by atoms with E-state index in [-0.39, 0.29) is 29.3 Å². The fourth-order valence-corrected chi connectivity index (χ4v) is 3.63. The van der Waals surface area contributed by atoms with Gasteiger partial charge in [0, 0.05) is 31.3 Å². The van der Waals surface area contributed by atoms with Gasteiger partial charge in [0.1, 0.15) is 11.5 Å². The number of para-hydroxylation sites is 2. The molecule has 1 aliphatic heterocycles. The van der Waals surface area contributed by atoms with Crippen molar-refractivity contribution in [1.29, 1.82) is 0 Å². The summed E-state index contributed by atoms with van der Waals surface area (Å²) in [4.78, 5) is 31.6. The predicted molar refractivity (Wildman–Crippen MR) is 119 cm³/mol. The number of ether oxygens (including phenoxy) is 1. The number of carbonyl (C=O) groups excluding carboxylic acids is 2. The van der Waals surface area contributed by atoms with E-state index < -0.39 is 0 Å². The van der Waals surface area contributed by atoms with E-state index in [0.717, 1.165) is 6.42 Å². The minimum absolute atomic E-state index is 0.146. The minimum atomic E-state index is -0.324. The lowest BCUT2D eigenvalue weighted by atomic mass is 9.96. The number of anilines is 1. The number of benzene rings is 1. The summed E-state index contributed by atoms with van der Waals surface area (Å²) in [6, 6.07) is 12.5. The van der Waals surface area contributed by atoms with Gasteiger partial charge in [0.2, 0.25) is 5.91 Å². The highest BCUT2D eigenvalue weighted by atomic mass is 16.5. The SMILES string of the molecule is CC(C)c1cc(C(=O)N2CCCC(C(=O)Nc3ccccc3Oc3cccnc3)C2)no1. The summed E-state index contributed by atoms with van der Waals surface area (Å²) in [6.07, 6.45) is 4.72. The maximum absolute atomic E-state index is 13.0. The van der Waals surface area contributed by atoms with Crippen LogP contribution in [0, 0.1) is 5.92 Å². The summed E-state index contributed by atoms with van der Waals surface area (Å²) in [5, 5.41) is 6.88. The lowest BCUT2D eigenvalue weighted by molar-refractivity contribution is -0.121. The van der Waals surface area contributed by atoms with Gasteiger partial charge in [-0.25, -0.2) is 0 Å². The van der Waals surface area contributed by atoms with Crippen LogP contribution in [0.4, 0.5) is 5.69 Å². The molecular weight excluding hydrogens is 408 g/mol. The molecule has 3 aromatic rings. The van der Waals surface area contributed by atoms with Crippen LogP contribution in [0.15, 0.2) is 59.4 Å². The molecule has 0 spiro atoms. The van der Waals surface area contributed by atoms with Crippen molar-refractivity contribution in [2.24, 2.45) is 5.92 Å². The first-order chi connectivity index (χ1) is 15.5. The number of rotatable bonds is 6. The van der Waals surface area contributed by atoms with Gasteiger partial charge in [-0.3, -0.25) is 14.6 Å². The number of nitrogens with zero attached hydrogens (tertiary/aromatic N) is 3. The van der Waals surface area contributed by atoms with Gasteiger partial charge < -0.3 is 19.5 Å². The summed E-state index contributed by atoms with van der Waals surface area (Å²) < 4.78 is 11.1. The quantitative estimate of drug-likeness (QED) is 0.614. The molecule has 32 heavy (non-hydrogen) atoms. The molecule has 166 valence electrons. The lowest BCUT2D eigenvalue weighted by Crippen LogP contribution is -2.43. The van der Waals surface area contributed by atoms with Crippen LogP contribution in [-0.2, 0) is 4.79 Å². The van der Waals surface area contributed by atoms with E-state index in [4.69, 9.17) is 9.26 Å². The zero-order chi connectivity index (χ0) is 22.5. The molecule has 1 fully saturated rings. The molecule has 1 saturated heterocycles. The van der Waals surface area contributed by atoms with Crippen molar-refractivity contribution in [1.82, 2.24) is 15.0 Å². The third-order valence-electron chi connectivity index (χ3n) is 5.40. The van der Waals surface area contributed by atoms with Crippen molar-refractivity contribution in [2.75, 3.05) is 18.4 Å². The minimum Gasteiger partial charge on any atom is -0.454 e. The van der Waals surface area contributed by atoms with E-state index in [1.807, 2.05) is 26.0 Å². The molecule has 1 atom stereocenters. The van der Waals surface area contributed by atoms with E-state index in [1.165, 1.54) is 0 Å². The first-order valence-electron chi connectivity index (χ1n) is 10.7. The molecule has 8 heteroatoms. The van der Waals surface area contributed by atoms with Crippen LogP contribution in [0.5, 0.6) is 11.5 Å².